The minimum absolute atomic E-state index is 0.234. The number of rotatable bonds is 7. The Hall–Kier alpha value is -0.800. The van der Waals surface area contributed by atoms with Crippen molar-refractivity contribution in [3.63, 3.8) is 0 Å². The molecule has 2 aromatic heterocycles. The molecule has 0 spiro atoms. The van der Waals surface area contributed by atoms with Crippen LogP contribution in [-0.2, 0) is 23.1 Å². The van der Waals surface area contributed by atoms with Crippen LogP contribution in [0.5, 0.6) is 0 Å². The van der Waals surface area contributed by atoms with Gasteiger partial charge in [-0.15, -0.1) is 22.7 Å². The van der Waals surface area contributed by atoms with Crippen LogP contribution in [-0.4, -0.2) is 19.4 Å². The summed E-state index contributed by atoms with van der Waals surface area (Å²) >= 11 is 2.79. The van der Waals surface area contributed by atoms with Crippen LogP contribution in [0.25, 0.3) is 0 Å². The fourth-order valence-corrected chi connectivity index (χ4v) is 4.77. The molecule has 0 radical (unpaired) electrons. The van der Waals surface area contributed by atoms with Gasteiger partial charge in [0.25, 0.3) is 0 Å². The highest BCUT2D eigenvalue weighted by molar-refractivity contribution is 7.91. The Morgan fingerprint density at radius 1 is 1.24 bits per heavy atom. The number of nitrogens with one attached hydrogen (secondary N) is 2. The van der Waals surface area contributed by atoms with Crippen LogP contribution in [0, 0.1) is 6.92 Å². The molecular weight excluding hydrogens is 326 g/mol. The first-order valence-corrected chi connectivity index (χ1v) is 9.71. The van der Waals surface area contributed by atoms with Crippen LogP contribution in [0.1, 0.15) is 28.6 Å². The highest BCUT2D eigenvalue weighted by atomic mass is 32.2. The van der Waals surface area contributed by atoms with Gasteiger partial charge >= 0.3 is 0 Å². The van der Waals surface area contributed by atoms with E-state index in [0.717, 1.165) is 14.8 Å². The Morgan fingerprint density at radius 2 is 2.00 bits per heavy atom. The van der Waals surface area contributed by atoms with Crippen molar-refractivity contribution in [2.24, 2.45) is 0 Å². The summed E-state index contributed by atoms with van der Waals surface area (Å²) in [6.07, 6.45) is 1.75. The van der Waals surface area contributed by atoms with Crippen LogP contribution >= 0.6 is 22.7 Å². The summed E-state index contributed by atoms with van der Waals surface area (Å²) in [6, 6.07) is 3.87. The lowest BCUT2D eigenvalue weighted by molar-refractivity contribution is 0.583. The molecule has 0 fully saturated rings. The molecule has 2 rings (SSSR count). The Labute approximate surface area is 133 Å². The van der Waals surface area contributed by atoms with Crippen molar-refractivity contribution in [2.45, 2.75) is 44.1 Å². The number of aromatic nitrogens is 1. The van der Waals surface area contributed by atoms with Crippen molar-refractivity contribution in [3.8, 4) is 0 Å². The highest BCUT2D eigenvalue weighted by Crippen LogP contribution is 2.22. The van der Waals surface area contributed by atoms with Crippen molar-refractivity contribution in [1.29, 1.82) is 0 Å². The van der Waals surface area contributed by atoms with E-state index in [4.69, 9.17) is 0 Å². The van der Waals surface area contributed by atoms with Gasteiger partial charge in [0.15, 0.2) is 0 Å². The second-order valence-electron chi connectivity index (χ2n) is 4.95. The molecule has 0 aromatic carbocycles. The Morgan fingerprint density at radius 3 is 2.62 bits per heavy atom. The molecule has 0 saturated carbocycles. The first-order chi connectivity index (χ1) is 9.87. The molecule has 0 unspecified atom stereocenters. The number of aryl methyl sites for hydroxylation is 1. The van der Waals surface area contributed by atoms with Crippen molar-refractivity contribution in [3.05, 3.63) is 33.1 Å². The molecule has 8 heteroatoms. The fraction of sp³-hybridized carbons (Fsp3) is 0.462. The number of thiophene rings is 1. The summed E-state index contributed by atoms with van der Waals surface area (Å²) in [5, 5.41) is 4.05. The molecule has 0 saturated heterocycles. The molecule has 0 bridgehead atoms. The average molecular weight is 346 g/mol. The van der Waals surface area contributed by atoms with Gasteiger partial charge in [-0.05, 0) is 19.1 Å². The zero-order chi connectivity index (χ0) is 15.5. The first kappa shape index (κ1) is 16.6. The van der Waals surface area contributed by atoms with Crippen LogP contribution < -0.4 is 10.0 Å². The van der Waals surface area contributed by atoms with Gasteiger partial charge in [0.05, 0.1) is 6.54 Å². The van der Waals surface area contributed by atoms with Gasteiger partial charge in [0.1, 0.15) is 9.22 Å². The van der Waals surface area contributed by atoms with E-state index in [0.29, 0.717) is 16.8 Å². The van der Waals surface area contributed by atoms with Crippen LogP contribution in [0.2, 0.25) is 0 Å². The maximum atomic E-state index is 12.2. The lowest BCUT2D eigenvalue weighted by Gasteiger charge is -2.05. The normalized spacial score (nSPS) is 12.2. The van der Waals surface area contributed by atoms with E-state index >= 15 is 0 Å². The summed E-state index contributed by atoms with van der Waals surface area (Å²) in [4.78, 5) is 6.23. The number of hydrogen-bond acceptors (Lipinski definition) is 6. The molecule has 5 nitrogen and oxygen atoms in total. The molecule has 0 aliphatic carbocycles. The van der Waals surface area contributed by atoms with Gasteiger partial charge in [-0.3, -0.25) is 0 Å². The Balaban J connectivity index is 1.99. The van der Waals surface area contributed by atoms with Crippen molar-refractivity contribution in [2.75, 3.05) is 0 Å². The second kappa shape index (κ2) is 6.97. The maximum Gasteiger partial charge on any atom is 0.250 e. The number of nitrogens with zero attached hydrogens (tertiary/aromatic N) is 1. The fourth-order valence-electron chi connectivity index (χ4n) is 1.61. The summed E-state index contributed by atoms with van der Waals surface area (Å²) in [5.41, 5.74) is 0. The van der Waals surface area contributed by atoms with Crippen LogP contribution in [0.15, 0.2) is 22.5 Å². The Kier molecular flexibility index (Phi) is 5.50. The molecular formula is C13H19N3O2S3. The summed E-state index contributed by atoms with van der Waals surface area (Å²) in [7, 11) is -3.46. The standard InChI is InChI=1S/C13H19N3O2S3/c1-9(2)14-7-11-4-5-13(20-11)21(17,18)16-8-12-15-6-10(3)19-12/h4-6,9,14,16H,7-8H2,1-3H3. The van der Waals surface area contributed by atoms with E-state index in [1.807, 2.05) is 13.0 Å². The van der Waals surface area contributed by atoms with Crippen LogP contribution in [0.4, 0.5) is 0 Å². The van der Waals surface area contributed by atoms with Gasteiger partial charge in [0, 0.05) is 28.5 Å². The third kappa shape index (κ3) is 4.86. The molecule has 0 aliphatic heterocycles. The molecule has 0 atom stereocenters. The minimum Gasteiger partial charge on any atom is -0.310 e. The monoisotopic (exact) mass is 345 g/mol. The van der Waals surface area contributed by atoms with E-state index in [-0.39, 0.29) is 6.54 Å². The quantitative estimate of drug-likeness (QED) is 0.809. The smallest absolute Gasteiger partial charge is 0.250 e. The highest BCUT2D eigenvalue weighted by Gasteiger charge is 2.17. The lowest BCUT2D eigenvalue weighted by Crippen LogP contribution is -2.22. The number of sulfonamides is 1. The molecule has 2 aromatic rings. The second-order valence-corrected chi connectivity index (χ2v) is 9.43. The van der Waals surface area contributed by atoms with Crippen LogP contribution in [0.3, 0.4) is 0 Å². The summed E-state index contributed by atoms with van der Waals surface area (Å²) in [6.45, 7) is 6.98. The topological polar surface area (TPSA) is 71.1 Å². The zero-order valence-corrected chi connectivity index (χ0v) is 14.7. The predicted molar refractivity (Wildman–Crippen MR) is 87.2 cm³/mol. The largest absolute Gasteiger partial charge is 0.310 e. The van der Waals surface area contributed by atoms with Crippen molar-refractivity contribution >= 4 is 32.7 Å². The van der Waals surface area contributed by atoms with Gasteiger partial charge < -0.3 is 5.32 Å². The maximum absolute atomic E-state index is 12.2. The zero-order valence-electron chi connectivity index (χ0n) is 12.2. The Bertz CT molecular complexity index is 689. The third-order valence-electron chi connectivity index (χ3n) is 2.67. The van der Waals surface area contributed by atoms with Gasteiger partial charge in [-0.25, -0.2) is 18.1 Å². The van der Waals surface area contributed by atoms with E-state index in [2.05, 4.69) is 28.9 Å². The summed E-state index contributed by atoms with van der Waals surface area (Å²) < 4.78 is 27.4. The number of hydrogen-bond donors (Lipinski definition) is 2. The predicted octanol–water partition coefficient (Wildman–Crippen LogP) is 2.49. The first-order valence-electron chi connectivity index (χ1n) is 6.60. The van der Waals surface area contributed by atoms with Gasteiger partial charge in [0.2, 0.25) is 10.0 Å². The van der Waals surface area contributed by atoms with Gasteiger partial charge in [-0.2, -0.15) is 0 Å². The lowest BCUT2D eigenvalue weighted by atomic mass is 10.4. The SMILES string of the molecule is Cc1cnc(CNS(=O)(=O)c2ccc(CNC(C)C)s2)s1. The molecule has 116 valence electrons. The van der Waals surface area contributed by atoms with E-state index in [1.165, 1.54) is 22.7 Å². The molecule has 2 heterocycles. The van der Waals surface area contributed by atoms with Gasteiger partial charge in [-0.1, -0.05) is 13.8 Å². The van der Waals surface area contributed by atoms with E-state index in [1.54, 1.807) is 12.3 Å². The van der Waals surface area contributed by atoms with Crippen molar-refractivity contribution < 1.29 is 8.42 Å². The molecule has 0 amide bonds. The summed E-state index contributed by atoms with van der Waals surface area (Å²) in [5.74, 6) is 0. The molecule has 21 heavy (non-hydrogen) atoms. The molecule has 0 aliphatic rings. The minimum atomic E-state index is -3.46. The third-order valence-corrected chi connectivity index (χ3v) is 6.56. The van der Waals surface area contributed by atoms with Crippen molar-refractivity contribution in [1.82, 2.24) is 15.0 Å². The average Bonchev–Trinajstić information content (AvgIpc) is 3.03. The van der Waals surface area contributed by atoms with E-state index in [9.17, 15) is 8.42 Å². The van der Waals surface area contributed by atoms with E-state index < -0.39 is 10.0 Å². The number of thiazole rings is 1. The molecule has 2 N–H and O–H groups in total.